The molecule has 3 heterocycles. The minimum Gasteiger partial charge on any atom is -0.443 e. The van der Waals surface area contributed by atoms with Gasteiger partial charge in [0.15, 0.2) is 0 Å². The van der Waals surface area contributed by atoms with Crippen LogP contribution < -0.4 is 21.7 Å². The maximum Gasteiger partial charge on any atom is 0.419 e. The van der Waals surface area contributed by atoms with Gasteiger partial charge in [-0.25, -0.2) is 36.7 Å². The maximum absolute atomic E-state index is 14.7. The first-order chi connectivity index (χ1) is 36.5. The zero-order chi connectivity index (χ0) is 55.8. The average molecular weight is 1160 g/mol. The molecule has 0 unspecified atom stereocenters. The molecule has 27 heteroatoms. The topological polar surface area (TPSA) is 192 Å². The number of anilines is 2. The van der Waals surface area contributed by atoms with Crippen molar-refractivity contribution in [2.75, 3.05) is 10.6 Å². The smallest absolute Gasteiger partial charge is 0.419 e. The molecule has 14 nitrogen and oxygen atoms in total. The minimum atomic E-state index is -4.54. The fourth-order valence-corrected chi connectivity index (χ4v) is 8.20. The van der Waals surface area contributed by atoms with Crippen molar-refractivity contribution in [3.05, 3.63) is 205 Å². The standard InChI is InChI=1S/C24H17ClF5N3O3.C16H13ClF2N2O.C11H8F3N3O2.ClH/c25-17-9-13(3-6-18(17)26)32-22(34)16-4-7-19(27)21-15(16)5-8-20(21)33-23(35)36-11-14-2-1-12(10-31-14)24(28,29)30;17-11-7-8(1-4-12(11)18)21-16(22)10-2-5-13(19)15-9(10)3-6-14(15)20;12-11(13,14)8-1-2-9(16-5-8)6-19-10(18)17-4-3-15-7-17;/h1-4,6-7,9-10,20H,5,8,11H2,(H,32,34)(H,33,35);1-2,4-5,7,14H,3,6,20H2,(H,21,22);1-5,7H,6H2;1H/t20-;14-;;/m00../s1. The van der Waals surface area contributed by atoms with Gasteiger partial charge in [-0.1, -0.05) is 23.2 Å². The third-order valence-electron chi connectivity index (χ3n) is 11.6. The van der Waals surface area contributed by atoms with Crippen LogP contribution in [-0.2, 0) is 47.9 Å². The molecule has 0 saturated carbocycles. The van der Waals surface area contributed by atoms with Gasteiger partial charge in [0.1, 0.15) is 42.8 Å². The van der Waals surface area contributed by atoms with Gasteiger partial charge in [0, 0.05) is 64.5 Å². The molecular formula is C51H39Cl3F10N8O6. The normalized spacial score (nSPS) is 14.2. The molecule has 0 bridgehead atoms. The van der Waals surface area contributed by atoms with E-state index in [-0.39, 0.29) is 82.0 Å². The Morgan fingerprint density at radius 2 is 1.12 bits per heavy atom. The number of carbonyl (C=O) groups excluding carboxylic acids is 4. The van der Waals surface area contributed by atoms with Crippen molar-refractivity contribution >= 4 is 71.0 Å². The molecule has 9 rings (SSSR count). The molecule has 0 radical (unpaired) electrons. The number of nitrogens with zero attached hydrogens (tertiary/aromatic N) is 4. The molecular weight excluding hydrogens is 1120 g/mol. The number of pyridine rings is 2. The number of benzene rings is 4. The Bertz CT molecular complexity index is 3300. The summed E-state index contributed by atoms with van der Waals surface area (Å²) in [7, 11) is 0. The van der Waals surface area contributed by atoms with E-state index in [1.807, 2.05) is 0 Å². The number of aromatic nitrogens is 4. The van der Waals surface area contributed by atoms with E-state index >= 15 is 0 Å². The number of carbonyl (C=O) groups is 4. The van der Waals surface area contributed by atoms with Gasteiger partial charge < -0.3 is 31.2 Å². The van der Waals surface area contributed by atoms with Crippen LogP contribution in [0.1, 0.15) is 90.4 Å². The number of amides is 3. The van der Waals surface area contributed by atoms with Crippen LogP contribution in [0.15, 0.2) is 116 Å². The zero-order valence-corrected chi connectivity index (χ0v) is 42.0. The maximum atomic E-state index is 14.7. The number of rotatable bonds is 9. The van der Waals surface area contributed by atoms with Gasteiger partial charge in [0.05, 0.1) is 38.6 Å². The summed E-state index contributed by atoms with van der Waals surface area (Å²) in [6.07, 6.45) is -3.47. The van der Waals surface area contributed by atoms with Gasteiger partial charge in [0.2, 0.25) is 0 Å². The van der Waals surface area contributed by atoms with Crippen LogP contribution in [0.5, 0.6) is 0 Å². The zero-order valence-electron chi connectivity index (χ0n) is 39.6. The molecule has 410 valence electrons. The van der Waals surface area contributed by atoms with Crippen LogP contribution in [0, 0.1) is 23.3 Å². The van der Waals surface area contributed by atoms with Crippen LogP contribution >= 0.6 is 35.6 Å². The predicted octanol–water partition coefficient (Wildman–Crippen LogP) is 12.9. The van der Waals surface area contributed by atoms with Gasteiger partial charge in [-0.3, -0.25) is 19.6 Å². The highest BCUT2D eigenvalue weighted by Gasteiger charge is 2.34. The van der Waals surface area contributed by atoms with Crippen molar-refractivity contribution in [3.8, 4) is 0 Å². The summed E-state index contributed by atoms with van der Waals surface area (Å²) in [5.41, 5.74) is 7.16. The Morgan fingerprint density at radius 1 is 0.641 bits per heavy atom. The van der Waals surface area contributed by atoms with E-state index in [0.717, 1.165) is 41.0 Å². The summed E-state index contributed by atoms with van der Waals surface area (Å²) >= 11 is 11.4. The molecule has 0 spiro atoms. The first kappa shape index (κ1) is 59.4. The lowest BCUT2D eigenvalue weighted by Gasteiger charge is -2.16. The Kier molecular flexibility index (Phi) is 19.5. The number of alkyl halides is 6. The summed E-state index contributed by atoms with van der Waals surface area (Å²) in [5.74, 6) is -3.18. The lowest BCUT2D eigenvalue weighted by molar-refractivity contribution is -0.138. The second kappa shape index (κ2) is 25.6. The first-order valence-corrected chi connectivity index (χ1v) is 23.3. The van der Waals surface area contributed by atoms with Gasteiger partial charge in [-0.2, -0.15) is 26.3 Å². The summed E-state index contributed by atoms with van der Waals surface area (Å²) in [4.78, 5) is 59.7. The van der Waals surface area contributed by atoms with E-state index in [1.165, 1.54) is 67.3 Å². The van der Waals surface area contributed by atoms with Gasteiger partial charge in [-0.05, 0) is 122 Å². The number of fused-ring (bicyclic) bond motifs is 2. The number of hydrogen-bond donors (Lipinski definition) is 4. The van der Waals surface area contributed by atoms with Gasteiger partial charge in [0.25, 0.3) is 11.8 Å². The van der Waals surface area contributed by atoms with Crippen LogP contribution in [0.3, 0.4) is 0 Å². The summed E-state index contributed by atoms with van der Waals surface area (Å²) in [6.45, 7) is -0.607. The molecule has 78 heavy (non-hydrogen) atoms. The lowest BCUT2D eigenvalue weighted by Crippen LogP contribution is -2.28. The minimum absolute atomic E-state index is 0. The summed E-state index contributed by atoms with van der Waals surface area (Å²) < 4.78 is 141. The van der Waals surface area contributed by atoms with Crippen LogP contribution in [0.25, 0.3) is 0 Å². The highest BCUT2D eigenvalue weighted by molar-refractivity contribution is 6.31. The van der Waals surface area contributed by atoms with Gasteiger partial charge >= 0.3 is 24.5 Å². The van der Waals surface area contributed by atoms with Crippen molar-refractivity contribution in [1.29, 1.82) is 0 Å². The second-order valence-electron chi connectivity index (χ2n) is 16.7. The van der Waals surface area contributed by atoms with Crippen LogP contribution in [0.4, 0.5) is 64.9 Å². The number of ether oxygens (including phenoxy) is 2. The monoisotopic (exact) mass is 1150 g/mol. The van der Waals surface area contributed by atoms with Crippen LogP contribution in [0.2, 0.25) is 10.0 Å². The average Bonchev–Trinajstić information content (AvgIpc) is 4.19. The molecule has 2 aliphatic carbocycles. The molecule has 3 aromatic heterocycles. The Balaban J connectivity index is 0.000000201. The van der Waals surface area contributed by atoms with Crippen molar-refractivity contribution in [2.45, 2.75) is 63.3 Å². The number of nitrogens with two attached hydrogens (primary N) is 1. The Labute approximate surface area is 451 Å². The Morgan fingerprint density at radius 3 is 1.58 bits per heavy atom. The molecule has 4 aromatic carbocycles. The quantitative estimate of drug-likeness (QED) is 0.101. The van der Waals surface area contributed by atoms with Gasteiger partial charge in [-0.15, -0.1) is 12.4 Å². The molecule has 2 atom stereocenters. The van der Waals surface area contributed by atoms with Crippen molar-refractivity contribution in [2.24, 2.45) is 5.73 Å². The highest BCUT2D eigenvalue weighted by Crippen LogP contribution is 2.37. The number of alkyl carbamates (subject to hydrolysis) is 1. The number of halogens is 13. The SMILES string of the molecule is Cl.N[C@H]1CCc2c(C(=O)Nc3ccc(F)c(Cl)c3)ccc(F)c21.O=C(N[C@H]1CCc2c(C(=O)Nc3ccc(F)c(Cl)c3)ccc(F)c21)OCc1ccc(C(F)(F)F)cn1.O=C(OCc1ccc(C(F)(F)F)cn1)n1ccnc1. The largest absolute Gasteiger partial charge is 0.443 e. The number of hydrogen-bond acceptors (Lipinski definition) is 10. The molecule has 5 N–H and O–H groups in total. The third-order valence-corrected chi connectivity index (χ3v) is 12.1. The van der Waals surface area contributed by atoms with Crippen molar-refractivity contribution < 1.29 is 72.6 Å². The van der Waals surface area contributed by atoms with E-state index in [1.54, 1.807) is 0 Å². The molecule has 0 saturated heterocycles. The third kappa shape index (κ3) is 15.0. The second-order valence-corrected chi connectivity index (χ2v) is 17.5. The number of nitrogens with one attached hydrogen (secondary N) is 3. The molecule has 7 aromatic rings. The molecule has 2 aliphatic rings. The van der Waals surface area contributed by atoms with E-state index in [4.69, 9.17) is 38.4 Å². The number of imidazole rings is 1. The van der Waals surface area contributed by atoms with E-state index in [2.05, 4.69) is 30.9 Å². The molecule has 3 amide bonds. The predicted molar refractivity (Wildman–Crippen MR) is 265 cm³/mol. The van der Waals surface area contributed by atoms with E-state index in [9.17, 15) is 63.1 Å². The van der Waals surface area contributed by atoms with E-state index < -0.39 is 77.6 Å². The molecule has 0 aliphatic heterocycles. The first-order valence-electron chi connectivity index (χ1n) is 22.5. The highest BCUT2D eigenvalue weighted by atomic mass is 35.5. The fourth-order valence-electron chi connectivity index (χ4n) is 7.84. The fraction of sp³-hybridized carbons (Fsp3) is 0.196. The lowest BCUT2D eigenvalue weighted by atomic mass is 10.0. The van der Waals surface area contributed by atoms with E-state index in [0.29, 0.717) is 53.2 Å². The molecule has 0 fully saturated rings. The van der Waals surface area contributed by atoms with Crippen LogP contribution in [-0.4, -0.2) is 43.5 Å². The van der Waals surface area contributed by atoms with Crippen molar-refractivity contribution in [3.63, 3.8) is 0 Å². The summed E-state index contributed by atoms with van der Waals surface area (Å²) in [6, 6.07) is 15.4. The Hall–Kier alpha value is -7.80. The van der Waals surface area contributed by atoms with Crippen molar-refractivity contribution in [1.82, 2.24) is 24.8 Å². The summed E-state index contributed by atoms with van der Waals surface area (Å²) in [5, 5.41) is 7.48.